The largest absolute Gasteiger partial charge is 0.497 e. The minimum atomic E-state index is -4.75. The summed E-state index contributed by atoms with van der Waals surface area (Å²) >= 11 is 12.1. The van der Waals surface area contributed by atoms with Crippen LogP contribution in [0.5, 0.6) is 34.8 Å². The second-order valence-corrected chi connectivity index (χ2v) is 21.9. The first-order valence-electron chi connectivity index (χ1n) is 28.8. The minimum absolute atomic E-state index is 0.0449. The van der Waals surface area contributed by atoms with Gasteiger partial charge in [0.25, 0.3) is 0 Å². The minimum Gasteiger partial charge on any atom is -0.497 e. The molecule has 0 aliphatic heterocycles. The fourth-order valence-electron chi connectivity index (χ4n) is 9.88. The Labute approximate surface area is 544 Å². The third kappa shape index (κ3) is 15.9. The summed E-state index contributed by atoms with van der Waals surface area (Å²) in [4.78, 5) is 8.88. The fraction of sp³-hybridized carbons (Fsp3) is 0.176. The van der Waals surface area contributed by atoms with E-state index in [4.69, 9.17) is 61.8 Å². The number of hydrogen-bond donors (Lipinski definition) is 0. The highest BCUT2D eigenvalue weighted by Crippen LogP contribution is 2.39. The second kappa shape index (κ2) is 28.8. The SMILES string of the molecule is COc1ccc(COc2cc(Cc3ccc(Cl)cc3)nn2-c2cc(-c3c(C(F)(F)F)nnn3Cc3ccc(OC)cc3)ccn2)cc1.COc1ccc(COc2cc(Cc3ccc(Cl)cc3)nn2-c2cc(-c3nnn(Cc4ccc(OC)cc4)c3C(F)(F)F)ccn2)cc1. The van der Waals surface area contributed by atoms with Gasteiger partial charge in [0.15, 0.2) is 23.0 Å². The van der Waals surface area contributed by atoms with Crippen LogP contribution in [0.2, 0.25) is 10.0 Å². The Morgan fingerprint density at radius 2 is 0.798 bits per heavy atom. The predicted octanol–water partition coefficient (Wildman–Crippen LogP) is 14.9. The Hall–Kier alpha value is -10.7. The molecule has 12 rings (SSSR count). The summed E-state index contributed by atoms with van der Waals surface area (Å²) in [7, 11) is 6.24. The lowest BCUT2D eigenvalue weighted by Crippen LogP contribution is -2.16. The molecule has 94 heavy (non-hydrogen) atoms. The van der Waals surface area contributed by atoms with Gasteiger partial charge < -0.3 is 28.4 Å². The first-order valence-corrected chi connectivity index (χ1v) is 29.5. The molecule has 0 aliphatic carbocycles. The standard InChI is InChI=1S/2C34H28ClF3N6O3/c1-45-28-11-5-23(6-12-28)20-43-32(33(40-42-43)34(36,37)38)25-15-16-39-30(18-25)44-31(47-21-24-7-13-29(46-2)14-8-24)19-27(41-44)17-22-3-9-26(35)10-4-22;1-45-28-11-5-23(6-12-28)20-43-33(34(36,37)38)32(40-42-43)25-15-16-39-30(18-25)44-31(47-21-24-7-13-29(46-2)14-8-24)19-27(41-44)17-22-3-9-26(35)10-4-22/h2*3-16,18-19H,17,20-21H2,1-2H3. The van der Waals surface area contributed by atoms with E-state index < -0.39 is 23.7 Å². The number of benzene rings is 6. The van der Waals surface area contributed by atoms with Crippen LogP contribution in [-0.2, 0) is 51.5 Å². The molecule has 0 atom stereocenters. The van der Waals surface area contributed by atoms with E-state index in [-0.39, 0.29) is 60.5 Å². The van der Waals surface area contributed by atoms with E-state index in [1.165, 1.54) is 64.9 Å². The lowest BCUT2D eigenvalue weighted by molar-refractivity contribution is -0.143. The van der Waals surface area contributed by atoms with Crippen molar-refractivity contribution >= 4 is 23.2 Å². The van der Waals surface area contributed by atoms with Gasteiger partial charge in [-0.25, -0.2) is 19.3 Å². The molecule has 0 aliphatic rings. The van der Waals surface area contributed by atoms with Gasteiger partial charge >= 0.3 is 12.4 Å². The van der Waals surface area contributed by atoms with Crippen molar-refractivity contribution in [2.45, 2.75) is 51.5 Å². The van der Waals surface area contributed by atoms with E-state index >= 15 is 0 Å². The van der Waals surface area contributed by atoms with E-state index in [0.717, 1.165) is 26.9 Å². The van der Waals surface area contributed by atoms with Gasteiger partial charge in [-0.05, 0) is 130 Å². The van der Waals surface area contributed by atoms with Crippen molar-refractivity contribution in [1.29, 1.82) is 0 Å². The number of pyridine rings is 2. The van der Waals surface area contributed by atoms with Gasteiger partial charge in [-0.1, -0.05) is 106 Å². The summed E-state index contributed by atoms with van der Waals surface area (Å²) in [6.45, 7) is 0.309. The number of methoxy groups -OCH3 is 4. The molecule has 18 nitrogen and oxygen atoms in total. The van der Waals surface area contributed by atoms with Crippen LogP contribution in [0, 0.1) is 0 Å². The maximum absolute atomic E-state index is 14.5. The first kappa shape index (κ1) is 64.8. The molecule has 0 bridgehead atoms. The lowest BCUT2D eigenvalue weighted by atomic mass is 10.1. The highest BCUT2D eigenvalue weighted by Gasteiger charge is 2.41. The van der Waals surface area contributed by atoms with E-state index in [1.54, 1.807) is 99.1 Å². The summed E-state index contributed by atoms with van der Waals surface area (Å²) in [5, 5.41) is 25.9. The van der Waals surface area contributed by atoms with E-state index in [1.807, 2.05) is 72.8 Å². The molecule has 26 heteroatoms. The predicted molar refractivity (Wildman–Crippen MR) is 338 cm³/mol. The van der Waals surface area contributed by atoms with Crippen LogP contribution in [-0.4, -0.2) is 88.0 Å². The zero-order valence-electron chi connectivity index (χ0n) is 50.6. The quantitative estimate of drug-likeness (QED) is 0.0585. The van der Waals surface area contributed by atoms with Crippen molar-refractivity contribution in [2.75, 3.05) is 28.4 Å². The molecule has 0 saturated carbocycles. The first-order chi connectivity index (χ1) is 45.4. The zero-order chi connectivity index (χ0) is 65.9. The van der Waals surface area contributed by atoms with Gasteiger partial charge in [-0.2, -0.15) is 45.9 Å². The van der Waals surface area contributed by atoms with Crippen molar-refractivity contribution in [2.24, 2.45) is 0 Å². The monoisotopic (exact) mass is 1320 g/mol. The molecule has 0 fully saturated rings. The molecule has 6 aromatic carbocycles. The maximum atomic E-state index is 14.5. The summed E-state index contributed by atoms with van der Waals surface area (Å²) in [5.74, 6) is 3.85. The van der Waals surface area contributed by atoms with Crippen molar-refractivity contribution < 1.29 is 54.8 Å². The Morgan fingerprint density at radius 3 is 1.21 bits per heavy atom. The maximum Gasteiger partial charge on any atom is 0.437 e. The Kier molecular flexibility index (Phi) is 19.9. The van der Waals surface area contributed by atoms with Gasteiger partial charge in [0.1, 0.15) is 47.6 Å². The highest BCUT2D eigenvalue weighted by molar-refractivity contribution is 6.30. The van der Waals surface area contributed by atoms with Crippen LogP contribution >= 0.6 is 23.2 Å². The molecule has 480 valence electrons. The van der Waals surface area contributed by atoms with Gasteiger partial charge in [0.2, 0.25) is 11.8 Å². The van der Waals surface area contributed by atoms with Crippen LogP contribution in [0.15, 0.2) is 194 Å². The molecule has 6 aromatic heterocycles. The lowest BCUT2D eigenvalue weighted by Gasteiger charge is -2.13. The molecule has 0 amide bonds. The van der Waals surface area contributed by atoms with Gasteiger partial charge in [-0.15, -0.1) is 10.2 Å². The summed E-state index contributed by atoms with van der Waals surface area (Å²) in [5.41, 5.74) is 4.07. The van der Waals surface area contributed by atoms with Crippen LogP contribution in [0.4, 0.5) is 26.3 Å². The molecule has 0 unspecified atom stereocenters. The topological polar surface area (TPSA) is 178 Å². The Morgan fingerprint density at radius 1 is 0.415 bits per heavy atom. The average molecular weight is 1320 g/mol. The summed E-state index contributed by atoms with van der Waals surface area (Å²) in [6.07, 6.45) is -5.75. The van der Waals surface area contributed by atoms with Crippen molar-refractivity contribution in [1.82, 2.24) is 59.5 Å². The third-order valence-corrected chi connectivity index (χ3v) is 15.1. The number of halogens is 8. The van der Waals surface area contributed by atoms with Crippen molar-refractivity contribution in [3.63, 3.8) is 0 Å². The molecular weight excluding hydrogens is 1270 g/mol. The van der Waals surface area contributed by atoms with Crippen LogP contribution in [0.25, 0.3) is 34.2 Å². The van der Waals surface area contributed by atoms with Crippen molar-refractivity contribution in [3.8, 4) is 68.9 Å². The molecule has 0 N–H and O–H groups in total. The number of hydrogen-bond acceptors (Lipinski definition) is 14. The molecule has 12 aromatic rings. The molecular formula is C68H56Cl2F6N12O6. The summed E-state index contributed by atoms with van der Waals surface area (Å²) < 4.78 is 124. The molecule has 0 saturated heterocycles. The van der Waals surface area contributed by atoms with Crippen LogP contribution in [0.3, 0.4) is 0 Å². The Bertz CT molecular complexity index is 4490. The number of aromatic nitrogens is 12. The normalized spacial score (nSPS) is 11.4. The second-order valence-electron chi connectivity index (χ2n) is 21.0. The molecule has 0 spiro atoms. The van der Waals surface area contributed by atoms with E-state index in [2.05, 4.69) is 30.6 Å². The van der Waals surface area contributed by atoms with Gasteiger partial charge in [0, 0.05) is 58.5 Å². The molecule has 0 radical (unpaired) electrons. The van der Waals surface area contributed by atoms with Crippen LogP contribution in [0.1, 0.15) is 56.2 Å². The van der Waals surface area contributed by atoms with E-state index in [0.29, 0.717) is 80.2 Å². The number of alkyl halides is 6. The fourth-order valence-corrected chi connectivity index (χ4v) is 10.1. The average Bonchev–Trinajstić information content (AvgIpc) is 1.67. The molecule has 6 heterocycles. The van der Waals surface area contributed by atoms with Crippen LogP contribution < -0.4 is 28.4 Å². The number of ether oxygens (including phenoxy) is 6. The number of rotatable bonds is 22. The van der Waals surface area contributed by atoms with Gasteiger partial charge in [0.05, 0.1) is 52.9 Å². The van der Waals surface area contributed by atoms with Gasteiger partial charge in [-0.3, -0.25) is 0 Å². The highest BCUT2D eigenvalue weighted by atomic mass is 35.5. The van der Waals surface area contributed by atoms with E-state index in [9.17, 15) is 26.3 Å². The van der Waals surface area contributed by atoms with Crippen molar-refractivity contribution in [3.05, 3.63) is 261 Å². The summed E-state index contributed by atoms with van der Waals surface area (Å²) in [6, 6.07) is 52.7. The Balaban J connectivity index is 0.000000192. The zero-order valence-corrected chi connectivity index (χ0v) is 52.1. The number of nitrogens with zero attached hydrogens (tertiary/aromatic N) is 12. The smallest absolute Gasteiger partial charge is 0.437 e. The third-order valence-electron chi connectivity index (χ3n) is 14.6.